The van der Waals surface area contributed by atoms with Gasteiger partial charge < -0.3 is 15.2 Å². The molecule has 5 heteroatoms. The maximum Gasteiger partial charge on any atom is 0.337 e. The average molecular weight is 237 g/mol. The van der Waals surface area contributed by atoms with Crippen LogP contribution in [0.1, 0.15) is 30.1 Å². The molecule has 0 radical (unpaired) electrons. The summed E-state index contributed by atoms with van der Waals surface area (Å²) in [5.74, 6) is -0.787. The number of carbonyl (C=O) groups excluding carboxylic acids is 1. The summed E-state index contributed by atoms with van der Waals surface area (Å²) in [6.07, 6.45) is 1.06. The Balaban J connectivity index is 3.00. The highest BCUT2D eigenvalue weighted by Crippen LogP contribution is 2.22. The lowest BCUT2D eigenvalue weighted by Gasteiger charge is -2.09. The van der Waals surface area contributed by atoms with E-state index in [-0.39, 0.29) is 17.2 Å². The number of hydrogen-bond acceptors (Lipinski definition) is 3. The van der Waals surface area contributed by atoms with E-state index in [0.717, 1.165) is 0 Å². The molecule has 0 saturated heterocycles. The average Bonchev–Trinajstić information content (AvgIpc) is 2.28. The first-order valence-electron chi connectivity index (χ1n) is 5.29. The Morgan fingerprint density at radius 1 is 1.41 bits per heavy atom. The van der Waals surface area contributed by atoms with Gasteiger partial charge in [-0.2, -0.15) is 0 Å². The number of methoxy groups -OCH3 is 1. The second kappa shape index (κ2) is 5.89. The zero-order valence-electron chi connectivity index (χ0n) is 9.82. The fraction of sp³-hybridized carbons (Fsp3) is 0.333. The summed E-state index contributed by atoms with van der Waals surface area (Å²) in [5.41, 5.74) is 0.311. The van der Waals surface area contributed by atoms with Crippen LogP contribution in [-0.2, 0) is 4.79 Å². The molecule has 0 aromatic heterocycles. The quantitative estimate of drug-likeness (QED) is 0.822. The normalized spacial score (nSPS) is 9.76. The van der Waals surface area contributed by atoms with Gasteiger partial charge in [0.1, 0.15) is 5.75 Å². The summed E-state index contributed by atoms with van der Waals surface area (Å²) in [6, 6.07) is 4.44. The van der Waals surface area contributed by atoms with Gasteiger partial charge in [-0.3, -0.25) is 4.79 Å². The summed E-state index contributed by atoms with van der Waals surface area (Å²) in [7, 11) is 1.48. The van der Waals surface area contributed by atoms with Crippen molar-refractivity contribution in [2.24, 2.45) is 0 Å². The summed E-state index contributed by atoms with van der Waals surface area (Å²) >= 11 is 0. The second-order valence-corrected chi connectivity index (χ2v) is 3.51. The molecule has 0 aliphatic carbocycles. The van der Waals surface area contributed by atoms with Crippen LogP contribution in [0, 0.1) is 0 Å². The van der Waals surface area contributed by atoms with Gasteiger partial charge in [-0.15, -0.1) is 0 Å². The number of nitrogens with one attached hydrogen (secondary N) is 1. The van der Waals surface area contributed by atoms with E-state index in [2.05, 4.69) is 5.32 Å². The number of ether oxygens (including phenoxy) is 1. The standard InChI is InChI=1S/C12H15NO4/c1-3-4-11(14)13-10-7-8(17-2)5-6-9(10)12(15)16/h5-7H,3-4H2,1-2H3,(H,13,14)(H,15,16). The summed E-state index contributed by atoms with van der Waals surface area (Å²) in [4.78, 5) is 22.4. The minimum absolute atomic E-state index is 0.0512. The van der Waals surface area contributed by atoms with E-state index < -0.39 is 5.97 Å². The molecule has 1 rings (SSSR count). The first-order valence-corrected chi connectivity index (χ1v) is 5.29. The van der Waals surface area contributed by atoms with Crippen LogP contribution in [0.2, 0.25) is 0 Å². The van der Waals surface area contributed by atoms with E-state index in [1.165, 1.54) is 19.2 Å². The number of benzene rings is 1. The van der Waals surface area contributed by atoms with E-state index in [1.54, 1.807) is 6.07 Å². The number of anilines is 1. The Morgan fingerprint density at radius 3 is 2.65 bits per heavy atom. The van der Waals surface area contributed by atoms with Crippen molar-refractivity contribution >= 4 is 17.6 Å². The lowest BCUT2D eigenvalue weighted by atomic mass is 10.1. The van der Waals surface area contributed by atoms with Crippen LogP contribution in [0.25, 0.3) is 0 Å². The topological polar surface area (TPSA) is 75.6 Å². The molecule has 0 fully saturated rings. The molecule has 17 heavy (non-hydrogen) atoms. The largest absolute Gasteiger partial charge is 0.497 e. The van der Waals surface area contributed by atoms with Crippen LogP contribution >= 0.6 is 0 Å². The Bertz CT molecular complexity index is 429. The zero-order chi connectivity index (χ0) is 12.8. The number of amides is 1. The van der Waals surface area contributed by atoms with Crippen molar-refractivity contribution < 1.29 is 19.4 Å². The molecule has 0 bridgehead atoms. The van der Waals surface area contributed by atoms with E-state index in [9.17, 15) is 9.59 Å². The maximum absolute atomic E-state index is 11.4. The summed E-state index contributed by atoms with van der Waals surface area (Å²) in [6.45, 7) is 1.88. The van der Waals surface area contributed by atoms with Crippen LogP contribution in [-0.4, -0.2) is 24.1 Å². The molecule has 0 unspecified atom stereocenters. The van der Waals surface area contributed by atoms with Gasteiger partial charge in [0.2, 0.25) is 5.91 Å². The first-order chi connectivity index (χ1) is 8.08. The highest BCUT2D eigenvalue weighted by atomic mass is 16.5. The van der Waals surface area contributed by atoms with Gasteiger partial charge in [0, 0.05) is 12.5 Å². The molecular weight excluding hydrogens is 222 g/mol. The van der Waals surface area contributed by atoms with Gasteiger partial charge in [0.05, 0.1) is 18.4 Å². The van der Waals surface area contributed by atoms with Gasteiger partial charge in [0.15, 0.2) is 0 Å². The molecular formula is C12H15NO4. The van der Waals surface area contributed by atoms with Crippen LogP contribution in [0.3, 0.4) is 0 Å². The second-order valence-electron chi connectivity index (χ2n) is 3.51. The fourth-order valence-electron chi connectivity index (χ4n) is 1.38. The van der Waals surface area contributed by atoms with Crippen LogP contribution in [0.4, 0.5) is 5.69 Å². The SMILES string of the molecule is CCCC(=O)Nc1cc(OC)ccc1C(=O)O. The molecule has 1 amide bonds. The molecule has 0 aliphatic rings. The third kappa shape index (κ3) is 3.48. The molecule has 5 nitrogen and oxygen atoms in total. The van der Waals surface area contributed by atoms with E-state index in [0.29, 0.717) is 18.6 Å². The van der Waals surface area contributed by atoms with Crippen LogP contribution < -0.4 is 10.1 Å². The van der Waals surface area contributed by atoms with Gasteiger partial charge in [-0.25, -0.2) is 4.79 Å². The molecule has 1 aromatic rings. The molecule has 0 atom stereocenters. The van der Waals surface area contributed by atoms with Crippen molar-refractivity contribution in [3.8, 4) is 5.75 Å². The van der Waals surface area contributed by atoms with Gasteiger partial charge >= 0.3 is 5.97 Å². The molecule has 0 spiro atoms. The highest BCUT2D eigenvalue weighted by Gasteiger charge is 2.13. The van der Waals surface area contributed by atoms with E-state index in [4.69, 9.17) is 9.84 Å². The summed E-state index contributed by atoms with van der Waals surface area (Å²) < 4.78 is 4.99. The smallest absolute Gasteiger partial charge is 0.337 e. The van der Waals surface area contributed by atoms with Gasteiger partial charge in [-0.05, 0) is 18.6 Å². The van der Waals surface area contributed by atoms with Crippen molar-refractivity contribution in [3.63, 3.8) is 0 Å². The third-order valence-corrected chi connectivity index (χ3v) is 2.21. The number of carboxylic acids is 1. The van der Waals surface area contributed by atoms with Crippen LogP contribution in [0.15, 0.2) is 18.2 Å². The molecule has 0 aliphatic heterocycles. The zero-order valence-corrected chi connectivity index (χ0v) is 9.82. The van der Waals surface area contributed by atoms with E-state index in [1.807, 2.05) is 6.92 Å². The number of carbonyl (C=O) groups is 2. The maximum atomic E-state index is 11.4. The number of carboxylic acid groups (broad SMARTS) is 1. The number of hydrogen-bond donors (Lipinski definition) is 2. The molecule has 0 saturated carbocycles. The molecule has 0 heterocycles. The lowest BCUT2D eigenvalue weighted by molar-refractivity contribution is -0.116. The molecule has 1 aromatic carbocycles. The first kappa shape index (κ1) is 13.0. The predicted molar refractivity (Wildman–Crippen MR) is 63.5 cm³/mol. The monoisotopic (exact) mass is 237 g/mol. The van der Waals surface area contributed by atoms with Gasteiger partial charge in [0.25, 0.3) is 0 Å². The minimum Gasteiger partial charge on any atom is -0.497 e. The Kier molecular flexibility index (Phi) is 4.51. The Morgan fingerprint density at radius 2 is 2.12 bits per heavy atom. The van der Waals surface area contributed by atoms with Crippen LogP contribution in [0.5, 0.6) is 5.75 Å². The number of rotatable bonds is 5. The predicted octanol–water partition coefficient (Wildman–Crippen LogP) is 2.13. The lowest BCUT2D eigenvalue weighted by Crippen LogP contribution is -2.14. The minimum atomic E-state index is -1.08. The molecule has 92 valence electrons. The van der Waals surface area contributed by atoms with E-state index >= 15 is 0 Å². The van der Waals surface area contributed by atoms with Crippen molar-refractivity contribution in [2.75, 3.05) is 12.4 Å². The summed E-state index contributed by atoms with van der Waals surface area (Å²) in [5, 5.41) is 11.5. The third-order valence-electron chi connectivity index (χ3n) is 2.21. The van der Waals surface area contributed by atoms with Crippen molar-refractivity contribution in [3.05, 3.63) is 23.8 Å². The number of aromatic carboxylic acids is 1. The van der Waals surface area contributed by atoms with Crippen molar-refractivity contribution in [1.82, 2.24) is 0 Å². The fourth-order valence-corrected chi connectivity index (χ4v) is 1.38. The highest BCUT2D eigenvalue weighted by molar-refractivity contribution is 6.00. The molecule has 2 N–H and O–H groups in total. The van der Waals surface area contributed by atoms with Crippen molar-refractivity contribution in [2.45, 2.75) is 19.8 Å². The Hall–Kier alpha value is -2.04. The Labute approximate surface area is 99.4 Å². The van der Waals surface area contributed by atoms with Crippen molar-refractivity contribution in [1.29, 1.82) is 0 Å². The van der Waals surface area contributed by atoms with Gasteiger partial charge in [-0.1, -0.05) is 6.92 Å².